The highest BCUT2D eigenvalue weighted by atomic mass is 32.1. The van der Waals surface area contributed by atoms with Crippen LogP contribution in [0.3, 0.4) is 0 Å². The van der Waals surface area contributed by atoms with Crippen LogP contribution in [0.25, 0.3) is 0 Å². The molecule has 6 nitrogen and oxygen atoms in total. The van der Waals surface area contributed by atoms with Gasteiger partial charge in [-0.3, -0.25) is 0 Å². The Morgan fingerprint density at radius 1 is 1.28 bits per heavy atom. The zero-order valence-electron chi connectivity index (χ0n) is 14.6. The lowest BCUT2D eigenvalue weighted by molar-refractivity contribution is 0.208. The molecule has 0 bridgehead atoms. The maximum absolute atomic E-state index is 12.6. The molecule has 0 aliphatic carbocycles. The Bertz CT molecular complexity index is 682. The molecule has 1 aromatic carbocycles. The lowest BCUT2D eigenvalue weighted by Gasteiger charge is -2.34. The first-order valence-electron chi connectivity index (χ1n) is 8.55. The number of para-hydroxylation sites is 2. The Morgan fingerprint density at radius 3 is 2.72 bits per heavy atom. The predicted octanol–water partition coefficient (Wildman–Crippen LogP) is 3.53. The smallest absolute Gasteiger partial charge is 0.322 e. The summed E-state index contributed by atoms with van der Waals surface area (Å²) in [4.78, 5) is 21.0. The summed E-state index contributed by atoms with van der Waals surface area (Å²) in [6.45, 7) is 7.78. The SMILES string of the molecule is CC(C)COc1ccccc1NC(=O)N1CCN(c2nccs2)CC1. The van der Waals surface area contributed by atoms with E-state index in [2.05, 4.69) is 29.0 Å². The Labute approximate surface area is 152 Å². The van der Waals surface area contributed by atoms with E-state index in [0.29, 0.717) is 31.4 Å². The zero-order valence-corrected chi connectivity index (χ0v) is 15.5. The molecule has 25 heavy (non-hydrogen) atoms. The summed E-state index contributed by atoms with van der Waals surface area (Å²) in [5, 5.41) is 5.98. The molecule has 3 rings (SSSR count). The Hall–Kier alpha value is -2.28. The molecule has 2 heterocycles. The number of benzene rings is 1. The van der Waals surface area contributed by atoms with Crippen molar-refractivity contribution in [3.05, 3.63) is 35.8 Å². The van der Waals surface area contributed by atoms with Crippen molar-refractivity contribution < 1.29 is 9.53 Å². The molecule has 2 amide bonds. The predicted molar refractivity (Wildman–Crippen MR) is 102 cm³/mol. The molecule has 0 radical (unpaired) electrons. The van der Waals surface area contributed by atoms with Crippen LogP contribution < -0.4 is 15.0 Å². The van der Waals surface area contributed by atoms with Crippen LogP contribution in [0.2, 0.25) is 0 Å². The molecule has 0 spiro atoms. The van der Waals surface area contributed by atoms with Crippen molar-refractivity contribution in [1.82, 2.24) is 9.88 Å². The van der Waals surface area contributed by atoms with Crippen LogP contribution in [0.5, 0.6) is 5.75 Å². The lowest BCUT2D eigenvalue weighted by Crippen LogP contribution is -2.50. The molecule has 134 valence electrons. The van der Waals surface area contributed by atoms with E-state index in [0.717, 1.165) is 23.9 Å². The Kier molecular flexibility index (Phi) is 5.75. The highest BCUT2D eigenvalue weighted by molar-refractivity contribution is 7.13. The molecular formula is C18H24N4O2S. The van der Waals surface area contributed by atoms with Crippen molar-refractivity contribution in [2.24, 2.45) is 5.92 Å². The van der Waals surface area contributed by atoms with Crippen LogP contribution in [0.15, 0.2) is 35.8 Å². The summed E-state index contributed by atoms with van der Waals surface area (Å²) >= 11 is 1.63. The Balaban J connectivity index is 1.56. The van der Waals surface area contributed by atoms with Gasteiger partial charge in [0.25, 0.3) is 0 Å². The van der Waals surface area contributed by atoms with Gasteiger partial charge in [-0.2, -0.15) is 0 Å². The summed E-state index contributed by atoms with van der Waals surface area (Å²) in [6, 6.07) is 7.49. The van der Waals surface area contributed by atoms with Crippen LogP contribution in [-0.2, 0) is 0 Å². The maximum Gasteiger partial charge on any atom is 0.322 e. The summed E-state index contributed by atoms with van der Waals surface area (Å²) in [5.74, 6) is 1.15. The molecule has 7 heteroatoms. The molecule has 0 atom stereocenters. The number of hydrogen-bond acceptors (Lipinski definition) is 5. The second-order valence-corrected chi connectivity index (χ2v) is 7.29. The molecule has 1 aromatic heterocycles. The molecule has 1 aliphatic heterocycles. The molecule has 1 N–H and O–H groups in total. The molecule has 0 unspecified atom stereocenters. The van der Waals surface area contributed by atoms with Crippen molar-refractivity contribution in [1.29, 1.82) is 0 Å². The number of anilines is 2. The van der Waals surface area contributed by atoms with E-state index in [4.69, 9.17) is 4.74 Å². The van der Waals surface area contributed by atoms with Crippen molar-refractivity contribution in [2.75, 3.05) is 43.0 Å². The fourth-order valence-electron chi connectivity index (χ4n) is 2.62. The lowest BCUT2D eigenvalue weighted by atomic mass is 10.2. The molecule has 1 aliphatic rings. The van der Waals surface area contributed by atoms with Gasteiger partial charge in [0.05, 0.1) is 12.3 Å². The molecule has 1 fully saturated rings. The van der Waals surface area contributed by atoms with Gasteiger partial charge in [-0.1, -0.05) is 26.0 Å². The van der Waals surface area contributed by atoms with Gasteiger partial charge < -0.3 is 19.9 Å². The first kappa shape index (κ1) is 17.5. The van der Waals surface area contributed by atoms with Gasteiger partial charge >= 0.3 is 6.03 Å². The van der Waals surface area contributed by atoms with Gasteiger partial charge in [0.2, 0.25) is 0 Å². The van der Waals surface area contributed by atoms with E-state index in [1.54, 1.807) is 11.3 Å². The van der Waals surface area contributed by atoms with Gasteiger partial charge in [0.15, 0.2) is 5.13 Å². The van der Waals surface area contributed by atoms with E-state index in [9.17, 15) is 4.79 Å². The minimum absolute atomic E-state index is 0.0839. The quantitative estimate of drug-likeness (QED) is 0.886. The van der Waals surface area contributed by atoms with E-state index in [1.807, 2.05) is 40.7 Å². The van der Waals surface area contributed by atoms with Gasteiger partial charge in [-0.25, -0.2) is 9.78 Å². The van der Waals surface area contributed by atoms with Gasteiger partial charge in [-0.05, 0) is 18.1 Å². The number of nitrogens with one attached hydrogen (secondary N) is 1. The number of amides is 2. The largest absolute Gasteiger partial charge is 0.491 e. The average Bonchev–Trinajstić information content (AvgIpc) is 3.15. The minimum atomic E-state index is -0.0839. The van der Waals surface area contributed by atoms with Crippen molar-refractivity contribution >= 4 is 28.2 Å². The Morgan fingerprint density at radius 2 is 2.04 bits per heavy atom. The van der Waals surface area contributed by atoms with Crippen LogP contribution in [0.1, 0.15) is 13.8 Å². The van der Waals surface area contributed by atoms with Gasteiger partial charge in [0, 0.05) is 37.8 Å². The van der Waals surface area contributed by atoms with Gasteiger partial charge in [0.1, 0.15) is 5.75 Å². The van der Waals surface area contributed by atoms with Gasteiger partial charge in [-0.15, -0.1) is 11.3 Å². The number of carbonyl (C=O) groups excluding carboxylic acids is 1. The topological polar surface area (TPSA) is 57.7 Å². The molecule has 1 saturated heterocycles. The number of thiazole rings is 1. The number of carbonyl (C=O) groups is 1. The normalized spacial score (nSPS) is 14.7. The maximum atomic E-state index is 12.6. The molecular weight excluding hydrogens is 336 g/mol. The van der Waals surface area contributed by atoms with Crippen LogP contribution in [0, 0.1) is 5.92 Å². The van der Waals surface area contributed by atoms with E-state index >= 15 is 0 Å². The standard InChI is InChI=1S/C18H24N4O2S/c1-14(2)13-24-16-6-4-3-5-15(16)20-17(23)21-8-10-22(11-9-21)18-19-7-12-25-18/h3-7,12,14H,8-11,13H2,1-2H3,(H,20,23). The van der Waals surface area contributed by atoms with E-state index < -0.39 is 0 Å². The second kappa shape index (κ2) is 8.20. The number of aromatic nitrogens is 1. The highest BCUT2D eigenvalue weighted by Gasteiger charge is 2.23. The number of rotatable bonds is 5. The summed E-state index contributed by atoms with van der Waals surface area (Å²) in [7, 11) is 0. The highest BCUT2D eigenvalue weighted by Crippen LogP contribution is 2.25. The monoisotopic (exact) mass is 360 g/mol. The third kappa shape index (κ3) is 4.63. The summed E-state index contributed by atoms with van der Waals surface area (Å²) < 4.78 is 5.80. The minimum Gasteiger partial charge on any atom is -0.491 e. The van der Waals surface area contributed by atoms with Crippen molar-refractivity contribution in [2.45, 2.75) is 13.8 Å². The van der Waals surface area contributed by atoms with E-state index in [1.165, 1.54) is 0 Å². The zero-order chi connectivity index (χ0) is 17.6. The first-order chi connectivity index (χ1) is 12.1. The van der Waals surface area contributed by atoms with Crippen LogP contribution in [0.4, 0.5) is 15.6 Å². The average molecular weight is 360 g/mol. The molecule has 2 aromatic rings. The fourth-order valence-corrected chi connectivity index (χ4v) is 3.32. The fraction of sp³-hybridized carbons (Fsp3) is 0.444. The number of hydrogen-bond donors (Lipinski definition) is 1. The molecule has 0 saturated carbocycles. The van der Waals surface area contributed by atoms with E-state index in [-0.39, 0.29) is 6.03 Å². The number of piperazine rings is 1. The second-order valence-electron chi connectivity index (χ2n) is 6.42. The number of urea groups is 1. The summed E-state index contributed by atoms with van der Waals surface area (Å²) in [6.07, 6.45) is 1.81. The number of nitrogens with zero attached hydrogens (tertiary/aromatic N) is 3. The third-order valence-electron chi connectivity index (χ3n) is 3.96. The third-order valence-corrected chi connectivity index (χ3v) is 4.79. The number of ether oxygens (including phenoxy) is 1. The van der Waals surface area contributed by atoms with Crippen LogP contribution in [-0.4, -0.2) is 48.7 Å². The summed E-state index contributed by atoms with van der Waals surface area (Å²) in [5.41, 5.74) is 0.718. The first-order valence-corrected chi connectivity index (χ1v) is 9.43. The van der Waals surface area contributed by atoms with Crippen LogP contribution >= 0.6 is 11.3 Å². The van der Waals surface area contributed by atoms with Crippen molar-refractivity contribution in [3.8, 4) is 5.75 Å². The van der Waals surface area contributed by atoms with Crippen molar-refractivity contribution in [3.63, 3.8) is 0 Å².